The molecule has 1 fully saturated rings. The van der Waals surface area contributed by atoms with Crippen LogP contribution in [0.1, 0.15) is 42.9 Å². The number of rotatable bonds is 7. The van der Waals surface area contributed by atoms with Crippen LogP contribution in [0.4, 0.5) is 36.8 Å². The van der Waals surface area contributed by atoms with Crippen LogP contribution in [0.5, 0.6) is 0 Å². The lowest BCUT2D eigenvalue weighted by Gasteiger charge is -2.33. The van der Waals surface area contributed by atoms with E-state index in [1.54, 1.807) is 0 Å². The maximum atomic E-state index is 14.4. The van der Waals surface area contributed by atoms with Gasteiger partial charge >= 0.3 is 18.4 Å². The minimum absolute atomic E-state index is 0.0225. The van der Waals surface area contributed by atoms with E-state index >= 15 is 0 Å². The van der Waals surface area contributed by atoms with Gasteiger partial charge in [0.2, 0.25) is 0 Å². The Labute approximate surface area is 214 Å². The average Bonchev–Trinajstić information content (AvgIpc) is 3.22. The van der Waals surface area contributed by atoms with E-state index in [1.807, 2.05) is 6.92 Å². The largest absolute Gasteiger partial charge is 0.465 e. The van der Waals surface area contributed by atoms with Crippen molar-refractivity contribution < 1.29 is 36.2 Å². The lowest BCUT2D eigenvalue weighted by atomic mass is 9.79. The number of hydrogen-bond acceptors (Lipinski definition) is 2. The number of carboxylic acid groups (broad SMARTS) is 1. The maximum Gasteiger partial charge on any atom is 0.416 e. The van der Waals surface area contributed by atoms with Crippen molar-refractivity contribution in [2.24, 2.45) is 0 Å². The van der Waals surface area contributed by atoms with Crippen molar-refractivity contribution in [2.75, 3.05) is 24.5 Å². The van der Waals surface area contributed by atoms with Crippen LogP contribution in [0.15, 0.2) is 36.4 Å². The van der Waals surface area contributed by atoms with Gasteiger partial charge in [-0.1, -0.05) is 42.6 Å². The predicted molar refractivity (Wildman–Crippen MR) is 126 cm³/mol. The third kappa shape index (κ3) is 5.96. The van der Waals surface area contributed by atoms with Gasteiger partial charge < -0.3 is 14.9 Å². The number of unbranched alkanes of at least 4 members (excludes halogenated alkanes) is 1. The van der Waals surface area contributed by atoms with Crippen molar-refractivity contribution in [2.45, 2.75) is 50.5 Å². The molecule has 1 atom stereocenters. The Bertz CT molecular complexity index is 1090. The second-order valence-corrected chi connectivity index (χ2v) is 9.68. The molecule has 4 nitrogen and oxygen atoms in total. The molecular formula is C24H24Cl2F6N2O2. The van der Waals surface area contributed by atoms with E-state index in [2.05, 4.69) is 0 Å². The normalized spacial score (nSPS) is 18.5. The summed E-state index contributed by atoms with van der Waals surface area (Å²) in [7, 11) is 0. The fraction of sp³-hybridized carbons (Fsp3) is 0.458. The molecule has 0 saturated carbocycles. The van der Waals surface area contributed by atoms with Gasteiger partial charge in [0.25, 0.3) is 0 Å². The van der Waals surface area contributed by atoms with Gasteiger partial charge in [-0.3, -0.25) is 0 Å². The van der Waals surface area contributed by atoms with Gasteiger partial charge in [0.15, 0.2) is 0 Å². The van der Waals surface area contributed by atoms with Gasteiger partial charge in [-0.15, -0.1) is 0 Å². The van der Waals surface area contributed by atoms with Crippen molar-refractivity contribution in [3.05, 3.63) is 63.1 Å². The summed E-state index contributed by atoms with van der Waals surface area (Å²) >= 11 is 11.9. The molecule has 1 N–H and O–H groups in total. The van der Waals surface area contributed by atoms with Crippen molar-refractivity contribution in [1.29, 1.82) is 0 Å². The highest BCUT2D eigenvalue weighted by Gasteiger charge is 2.59. The molecule has 1 unspecified atom stereocenters. The zero-order valence-electron chi connectivity index (χ0n) is 19.2. The van der Waals surface area contributed by atoms with Crippen LogP contribution in [0, 0.1) is 0 Å². The molecule has 3 rings (SSSR count). The SMILES string of the molecule is CCCCN(Cc1ccc(N2CCC(c3cc(Cl)cc(Cl)c3)(C(F)(F)F)C2)cc1C(F)(F)F)C(=O)O. The van der Waals surface area contributed by atoms with Crippen LogP contribution in [-0.4, -0.2) is 41.9 Å². The molecule has 1 saturated heterocycles. The highest BCUT2D eigenvalue weighted by atomic mass is 35.5. The van der Waals surface area contributed by atoms with Crippen molar-refractivity contribution >= 4 is 35.0 Å². The van der Waals surface area contributed by atoms with Crippen LogP contribution in [-0.2, 0) is 18.1 Å². The Hall–Kier alpha value is -2.33. The van der Waals surface area contributed by atoms with Gasteiger partial charge in [-0.2, -0.15) is 26.3 Å². The first-order chi connectivity index (χ1) is 16.7. The van der Waals surface area contributed by atoms with E-state index in [4.69, 9.17) is 23.2 Å². The molecule has 12 heteroatoms. The lowest BCUT2D eigenvalue weighted by Crippen LogP contribution is -2.45. The molecule has 1 heterocycles. The van der Waals surface area contributed by atoms with E-state index in [-0.39, 0.29) is 39.9 Å². The third-order valence-electron chi connectivity index (χ3n) is 6.40. The Morgan fingerprint density at radius 1 is 1.08 bits per heavy atom. The molecule has 0 aliphatic carbocycles. The number of anilines is 1. The van der Waals surface area contributed by atoms with Gasteiger partial charge in [-0.25, -0.2) is 4.79 Å². The highest BCUT2D eigenvalue weighted by Crippen LogP contribution is 2.50. The van der Waals surface area contributed by atoms with Crippen LogP contribution >= 0.6 is 23.2 Å². The number of benzene rings is 2. The molecule has 1 aliphatic heterocycles. The van der Waals surface area contributed by atoms with E-state index in [0.717, 1.165) is 17.0 Å². The Balaban J connectivity index is 1.98. The number of halogens is 8. The second kappa shape index (κ2) is 10.6. The standard InChI is InChI=1S/C24H24Cl2F6N2O2/c1-2-3-7-33(21(35)36)13-15-4-5-19(12-20(15)23(27,28)29)34-8-6-22(14-34,24(30,31)32)16-9-17(25)11-18(26)10-16/h4-5,9-12H,2-3,6-8,13-14H2,1H3,(H,35,36). The Morgan fingerprint density at radius 3 is 2.25 bits per heavy atom. The van der Waals surface area contributed by atoms with E-state index in [1.165, 1.54) is 29.2 Å². The predicted octanol–water partition coefficient (Wildman–Crippen LogP) is 8.00. The number of amides is 1. The number of carbonyl (C=O) groups is 1. The van der Waals surface area contributed by atoms with Crippen LogP contribution < -0.4 is 4.90 Å². The average molecular weight is 557 g/mol. The van der Waals surface area contributed by atoms with Gasteiger partial charge in [0.1, 0.15) is 5.41 Å². The summed E-state index contributed by atoms with van der Waals surface area (Å²) in [4.78, 5) is 13.6. The second-order valence-electron chi connectivity index (χ2n) is 8.81. The van der Waals surface area contributed by atoms with Gasteiger partial charge in [0.05, 0.1) is 5.56 Å². The zero-order valence-corrected chi connectivity index (χ0v) is 20.7. The first-order valence-corrected chi connectivity index (χ1v) is 11.9. The Morgan fingerprint density at radius 2 is 1.72 bits per heavy atom. The Kier molecular flexibility index (Phi) is 8.30. The monoisotopic (exact) mass is 556 g/mol. The fourth-order valence-corrected chi connectivity index (χ4v) is 4.98. The van der Waals surface area contributed by atoms with E-state index in [9.17, 15) is 36.2 Å². The summed E-state index contributed by atoms with van der Waals surface area (Å²) in [6.07, 6.45) is -10.2. The third-order valence-corrected chi connectivity index (χ3v) is 6.84. The quantitative estimate of drug-likeness (QED) is 0.351. The topological polar surface area (TPSA) is 43.8 Å². The van der Waals surface area contributed by atoms with E-state index < -0.39 is 48.9 Å². The summed E-state index contributed by atoms with van der Waals surface area (Å²) in [5, 5.41) is 9.42. The molecule has 0 bridgehead atoms. The number of alkyl halides is 6. The lowest BCUT2D eigenvalue weighted by molar-refractivity contribution is -0.184. The zero-order chi connectivity index (χ0) is 26.9. The first kappa shape index (κ1) is 28.2. The molecule has 0 spiro atoms. The van der Waals surface area contributed by atoms with Crippen molar-refractivity contribution in [1.82, 2.24) is 4.90 Å². The summed E-state index contributed by atoms with van der Waals surface area (Å²) in [5.41, 5.74) is -3.93. The van der Waals surface area contributed by atoms with Crippen molar-refractivity contribution in [3.8, 4) is 0 Å². The molecule has 36 heavy (non-hydrogen) atoms. The minimum Gasteiger partial charge on any atom is -0.465 e. The summed E-state index contributed by atoms with van der Waals surface area (Å²) in [6.45, 7) is 0.620. The fourth-order valence-electron chi connectivity index (χ4n) is 4.45. The summed E-state index contributed by atoms with van der Waals surface area (Å²) in [6, 6.07) is 6.86. The molecule has 1 amide bonds. The smallest absolute Gasteiger partial charge is 0.416 e. The van der Waals surface area contributed by atoms with Crippen LogP contribution in [0.3, 0.4) is 0 Å². The molecule has 0 radical (unpaired) electrons. The molecule has 1 aliphatic rings. The summed E-state index contributed by atoms with van der Waals surface area (Å²) < 4.78 is 84.8. The summed E-state index contributed by atoms with van der Waals surface area (Å²) in [5.74, 6) is 0. The number of nitrogens with zero attached hydrogens (tertiary/aromatic N) is 2. The minimum atomic E-state index is -4.83. The van der Waals surface area contributed by atoms with Gasteiger partial charge in [0, 0.05) is 41.9 Å². The maximum absolute atomic E-state index is 14.4. The van der Waals surface area contributed by atoms with E-state index in [0.29, 0.717) is 12.8 Å². The first-order valence-electron chi connectivity index (χ1n) is 11.1. The van der Waals surface area contributed by atoms with Crippen molar-refractivity contribution in [3.63, 3.8) is 0 Å². The highest BCUT2D eigenvalue weighted by molar-refractivity contribution is 6.34. The van der Waals surface area contributed by atoms with Gasteiger partial charge in [-0.05, 0) is 54.3 Å². The number of hydrogen-bond donors (Lipinski definition) is 1. The molecule has 198 valence electrons. The van der Waals surface area contributed by atoms with Crippen LogP contribution in [0.2, 0.25) is 10.0 Å². The molecular weight excluding hydrogens is 533 g/mol. The van der Waals surface area contributed by atoms with Crippen LogP contribution in [0.25, 0.3) is 0 Å². The molecule has 2 aromatic carbocycles. The molecule has 0 aromatic heterocycles. The molecule has 2 aromatic rings.